The molecule has 0 spiro atoms. The van der Waals surface area contributed by atoms with Gasteiger partial charge in [-0.3, -0.25) is 19.5 Å². The van der Waals surface area contributed by atoms with Crippen LogP contribution >= 0.6 is 23.2 Å². The number of nitrogens with zero attached hydrogens (tertiary/aromatic N) is 5. The lowest BCUT2D eigenvalue weighted by molar-refractivity contribution is -0.120. The van der Waals surface area contributed by atoms with Gasteiger partial charge in [0, 0.05) is 64.8 Å². The molecule has 9 nitrogen and oxygen atoms in total. The monoisotopic (exact) mass is 617 g/mol. The smallest absolute Gasteiger partial charge is 0.229 e. The molecule has 0 N–H and O–H groups in total. The fraction of sp³-hybridized carbons (Fsp3) is 0.581. The van der Waals surface area contributed by atoms with Crippen LogP contribution in [0.4, 0.5) is 11.4 Å². The van der Waals surface area contributed by atoms with E-state index < -0.39 is 0 Å². The molecule has 2 aromatic carbocycles. The quantitative estimate of drug-likeness (QED) is 0.275. The lowest BCUT2D eigenvalue weighted by Crippen LogP contribution is -2.46. The number of hydrogen-bond acceptors (Lipinski definition) is 8. The number of ether oxygens (including phenoxy) is 3. The van der Waals surface area contributed by atoms with E-state index in [0.29, 0.717) is 23.1 Å². The molecule has 4 heterocycles. The summed E-state index contributed by atoms with van der Waals surface area (Å²) >= 11 is 12.6. The third-order valence-corrected chi connectivity index (χ3v) is 9.54. The molecule has 11 heteroatoms. The number of piperazine rings is 2. The number of rotatable bonds is 11. The predicted octanol–water partition coefficient (Wildman–Crippen LogP) is 4.16. The molecule has 2 aromatic rings. The van der Waals surface area contributed by atoms with E-state index in [1.54, 1.807) is 4.90 Å². The highest BCUT2D eigenvalue weighted by molar-refractivity contribution is 6.43. The van der Waals surface area contributed by atoms with Crippen molar-refractivity contribution < 1.29 is 19.0 Å². The van der Waals surface area contributed by atoms with Crippen molar-refractivity contribution in [1.82, 2.24) is 14.7 Å². The maximum atomic E-state index is 12.8. The average Bonchev–Trinajstić information content (AvgIpc) is 3.78. The van der Waals surface area contributed by atoms with Crippen LogP contribution in [0.15, 0.2) is 36.4 Å². The first kappa shape index (κ1) is 29.9. The van der Waals surface area contributed by atoms with Gasteiger partial charge in [-0.1, -0.05) is 35.3 Å². The number of likely N-dealkylation sites (N-methyl/N-ethyl adjacent to an activating group) is 1. The molecule has 4 aliphatic heterocycles. The zero-order valence-corrected chi connectivity index (χ0v) is 25.9. The van der Waals surface area contributed by atoms with Gasteiger partial charge in [-0.25, -0.2) is 0 Å². The molecule has 3 fully saturated rings. The molecular weight excluding hydrogens is 577 g/mol. The third kappa shape index (κ3) is 7.16. The fourth-order valence-corrected chi connectivity index (χ4v) is 6.44. The van der Waals surface area contributed by atoms with Crippen molar-refractivity contribution in [3.8, 4) is 5.75 Å². The van der Waals surface area contributed by atoms with Gasteiger partial charge in [0.15, 0.2) is 6.23 Å². The van der Waals surface area contributed by atoms with Crippen LogP contribution in [-0.2, 0) is 20.7 Å². The summed E-state index contributed by atoms with van der Waals surface area (Å²) in [5.74, 6) is 0.868. The van der Waals surface area contributed by atoms with E-state index in [9.17, 15) is 4.79 Å². The van der Waals surface area contributed by atoms with Crippen molar-refractivity contribution in [2.75, 3.05) is 89.1 Å². The Kier molecular flexibility index (Phi) is 9.75. The van der Waals surface area contributed by atoms with E-state index in [1.165, 1.54) is 0 Å². The van der Waals surface area contributed by atoms with Gasteiger partial charge in [-0.15, -0.1) is 0 Å². The van der Waals surface area contributed by atoms with E-state index >= 15 is 0 Å². The van der Waals surface area contributed by atoms with Gasteiger partial charge in [0.05, 0.1) is 28.0 Å². The summed E-state index contributed by atoms with van der Waals surface area (Å²) in [6.45, 7) is 9.78. The van der Waals surface area contributed by atoms with Crippen molar-refractivity contribution >= 4 is 40.5 Å². The summed E-state index contributed by atoms with van der Waals surface area (Å²) in [6, 6.07) is 11.9. The first-order valence-electron chi connectivity index (χ1n) is 15.1. The number of carbonyl (C=O) groups excluding carboxylic acids is 1. The summed E-state index contributed by atoms with van der Waals surface area (Å²) in [4.78, 5) is 24.0. The normalized spacial score (nSPS) is 23.7. The second kappa shape index (κ2) is 13.7. The molecule has 228 valence electrons. The number of hydrogen-bond donors (Lipinski definition) is 0. The van der Waals surface area contributed by atoms with Crippen LogP contribution < -0.4 is 14.5 Å². The molecule has 3 saturated heterocycles. The minimum Gasteiger partial charge on any atom is -0.494 e. The SMILES string of the molecule is CN1CCN(C2OC2OCN2C(=O)CCc3ccc(OCCCCN4CCN(c5cccc(Cl)c5Cl)CC4)cc32)CC1. The highest BCUT2D eigenvalue weighted by atomic mass is 35.5. The Morgan fingerprint density at radius 1 is 0.929 bits per heavy atom. The first-order chi connectivity index (χ1) is 20.5. The maximum absolute atomic E-state index is 12.8. The number of aryl methyl sites for hydroxylation is 1. The summed E-state index contributed by atoms with van der Waals surface area (Å²) in [7, 11) is 2.14. The third-order valence-electron chi connectivity index (χ3n) is 8.73. The minimum absolute atomic E-state index is 0.00180. The predicted molar refractivity (Wildman–Crippen MR) is 166 cm³/mol. The Morgan fingerprint density at radius 3 is 2.55 bits per heavy atom. The van der Waals surface area contributed by atoms with Gasteiger partial charge in [-0.05, 0) is 56.6 Å². The molecule has 0 radical (unpaired) electrons. The number of unbranched alkanes of at least 4 members (excludes halogenated alkanes) is 1. The van der Waals surface area contributed by atoms with E-state index in [4.69, 9.17) is 37.4 Å². The number of halogens is 2. The van der Waals surface area contributed by atoms with Gasteiger partial charge in [0.25, 0.3) is 0 Å². The lowest BCUT2D eigenvalue weighted by Gasteiger charge is -2.36. The van der Waals surface area contributed by atoms with Crippen molar-refractivity contribution in [3.05, 3.63) is 52.0 Å². The summed E-state index contributed by atoms with van der Waals surface area (Å²) < 4.78 is 17.9. The van der Waals surface area contributed by atoms with E-state index in [-0.39, 0.29) is 25.2 Å². The van der Waals surface area contributed by atoms with Crippen LogP contribution in [0.3, 0.4) is 0 Å². The summed E-state index contributed by atoms with van der Waals surface area (Å²) in [5.41, 5.74) is 3.05. The lowest BCUT2D eigenvalue weighted by atomic mass is 10.0. The number of fused-ring (bicyclic) bond motifs is 1. The number of anilines is 2. The van der Waals surface area contributed by atoms with Crippen molar-refractivity contribution in [2.45, 2.75) is 38.2 Å². The number of benzene rings is 2. The van der Waals surface area contributed by atoms with Crippen LogP contribution in [0.2, 0.25) is 10.0 Å². The van der Waals surface area contributed by atoms with Gasteiger partial charge < -0.3 is 24.0 Å². The Hall–Kier alpha value is -2.11. The molecule has 6 rings (SSSR count). The van der Waals surface area contributed by atoms with Crippen LogP contribution in [0, 0.1) is 0 Å². The topological polar surface area (TPSA) is 64.3 Å². The second-order valence-corrected chi connectivity index (χ2v) is 12.4. The van der Waals surface area contributed by atoms with Gasteiger partial charge in [-0.2, -0.15) is 0 Å². The summed E-state index contributed by atoms with van der Waals surface area (Å²) in [5, 5.41) is 1.24. The van der Waals surface area contributed by atoms with Crippen LogP contribution in [0.25, 0.3) is 0 Å². The second-order valence-electron chi connectivity index (χ2n) is 11.6. The molecule has 0 bridgehead atoms. The fourth-order valence-electron chi connectivity index (χ4n) is 6.02. The Labute approximate surface area is 258 Å². The van der Waals surface area contributed by atoms with Crippen molar-refractivity contribution in [3.63, 3.8) is 0 Å². The molecule has 1 amide bonds. The van der Waals surface area contributed by atoms with Crippen LogP contribution in [-0.4, -0.2) is 112 Å². The molecule has 2 atom stereocenters. The summed E-state index contributed by atoms with van der Waals surface area (Å²) in [6.07, 6.45) is 2.99. The van der Waals surface area contributed by atoms with E-state index in [1.807, 2.05) is 30.3 Å². The Balaban J connectivity index is 0.924. The van der Waals surface area contributed by atoms with Gasteiger partial charge in [0.1, 0.15) is 12.5 Å². The van der Waals surface area contributed by atoms with Crippen LogP contribution in [0.5, 0.6) is 5.75 Å². The number of epoxide rings is 1. The molecule has 42 heavy (non-hydrogen) atoms. The van der Waals surface area contributed by atoms with Gasteiger partial charge >= 0.3 is 0 Å². The molecule has 0 aliphatic carbocycles. The molecule has 4 aliphatic rings. The molecule has 0 aromatic heterocycles. The average molecular weight is 619 g/mol. The molecule has 2 unspecified atom stereocenters. The zero-order valence-electron chi connectivity index (χ0n) is 24.4. The van der Waals surface area contributed by atoms with Crippen molar-refractivity contribution in [2.24, 2.45) is 0 Å². The number of carbonyl (C=O) groups is 1. The molecule has 0 saturated carbocycles. The van der Waals surface area contributed by atoms with E-state index in [0.717, 1.165) is 101 Å². The van der Waals surface area contributed by atoms with E-state index in [2.05, 4.69) is 32.7 Å². The van der Waals surface area contributed by atoms with Crippen LogP contribution in [0.1, 0.15) is 24.8 Å². The maximum Gasteiger partial charge on any atom is 0.229 e. The largest absolute Gasteiger partial charge is 0.494 e. The highest BCUT2D eigenvalue weighted by Gasteiger charge is 2.46. The minimum atomic E-state index is -0.274. The Bertz CT molecular complexity index is 1240. The standard InChI is InChI=1S/C31H41Cl2N5O4/c1-34-12-16-37(17-13-34)30-31(42-30)41-22-38-27-21-24(9-7-23(27)8-10-28(38)39)40-20-3-2-11-35-14-18-36(19-15-35)26-6-4-5-25(32)29(26)33/h4-7,9,21,30-31H,2-3,8,10-20,22H2,1H3. The van der Waals surface area contributed by atoms with Crippen molar-refractivity contribution in [1.29, 1.82) is 0 Å². The number of amides is 1. The first-order valence-corrected chi connectivity index (χ1v) is 15.9. The van der Waals surface area contributed by atoms with Gasteiger partial charge in [0.2, 0.25) is 12.2 Å². The Morgan fingerprint density at radius 2 is 1.74 bits per heavy atom. The highest BCUT2D eigenvalue weighted by Crippen LogP contribution is 2.35. The molecular formula is C31H41Cl2N5O4. The zero-order chi connectivity index (χ0) is 29.1.